The number of carbonyl (C=O) groups excluding carboxylic acids is 1. The van der Waals surface area contributed by atoms with Crippen molar-refractivity contribution in [1.29, 1.82) is 0 Å². The Morgan fingerprint density at radius 3 is 2.74 bits per heavy atom. The molecule has 0 saturated heterocycles. The minimum absolute atomic E-state index is 0.0837. The zero-order valence-corrected chi connectivity index (χ0v) is 16.6. The maximum atomic E-state index is 12.7. The summed E-state index contributed by atoms with van der Waals surface area (Å²) in [6.07, 6.45) is 0. The maximum Gasteiger partial charge on any atom is 0.211 e. The second-order valence-corrected chi connectivity index (χ2v) is 7.87. The van der Waals surface area contributed by atoms with Crippen molar-refractivity contribution in [1.82, 2.24) is 24.7 Å². The normalized spacial score (nSPS) is 11.7. The molecule has 0 aliphatic carbocycles. The Bertz CT molecular complexity index is 1160. The summed E-state index contributed by atoms with van der Waals surface area (Å²) in [7, 11) is 0. The molecule has 138 valence electrons. The second kappa shape index (κ2) is 6.81. The number of nitrogens with zero attached hydrogens (tertiary/aromatic N) is 4. The van der Waals surface area contributed by atoms with E-state index >= 15 is 0 Å². The lowest BCUT2D eigenvalue weighted by Gasteiger charge is -2.13. The number of carbonyl (C=O) groups is 1. The lowest BCUT2D eigenvalue weighted by molar-refractivity contribution is 0.102. The summed E-state index contributed by atoms with van der Waals surface area (Å²) in [5.41, 5.74) is 5.31. The van der Waals surface area contributed by atoms with Crippen LogP contribution in [0.25, 0.3) is 22.1 Å². The first-order chi connectivity index (χ1) is 13.0. The van der Waals surface area contributed by atoms with Gasteiger partial charge in [0, 0.05) is 33.9 Å². The fourth-order valence-corrected chi connectivity index (χ4v) is 4.30. The van der Waals surface area contributed by atoms with Gasteiger partial charge in [-0.3, -0.25) is 4.79 Å². The van der Waals surface area contributed by atoms with Crippen molar-refractivity contribution in [3.8, 4) is 0 Å². The van der Waals surface area contributed by atoms with Crippen LogP contribution in [0.3, 0.4) is 0 Å². The Morgan fingerprint density at radius 1 is 1.22 bits per heavy atom. The fraction of sp³-hybridized carbons (Fsp3) is 0.300. The smallest absolute Gasteiger partial charge is 0.211 e. The second-order valence-electron chi connectivity index (χ2n) is 6.92. The quantitative estimate of drug-likeness (QED) is 0.409. The number of Topliss-reactive ketones (excluding diaryl/α,β-unsaturated/α-hetero) is 1. The van der Waals surface area contributed by atoms with Gasteiger partial charge in [0.2, 0.25) is 5.16 Å². The van der Waals surface area contributed by atoms with E-state index in [4.69, 9.17) is 0 Å². The Balaban J connectivity index is 1.55. The van der Waals surface area contributed by atoms with E-state index in [1.54, 1.807) is 0 Å². The fourth-order valence-electron chi connectivity index (χ4n) is 3.63. The van der Waals surface area contributed by atoms with Crippen LogP contribution >= 0.6 is 11.8 Å². The van der Waals surface area contributed by atoms with Crippen molar-refractivity contribution in [3.05, 3.63) is 47.3 Å². The van der Waals surface area contributed by atoms with Crippen LogP contribution in [0.5, 0.6) is 0 Å². The molecule has 0 amide bonds. The highest BCUT2D eigenvalue weighted by atomic mass is 32.2. The summed E-state index contributed by atoms with van der Waals surface area (Å²) in [6.45, 7) is 8.28. The highest BCUT2D eigenvalue weighted by molar-refractivity contribution is 7.99. The van der Waals surface area contributed by atoms with E-state index in [0.29, 0.717) is 16.8 Å². The molecule has 3 heterocycles. The number of rotatable bonds is 5. The summed E-state index contributed by atoms with van der Waals surface area (Å²) < 4.78 is 2.19. The molecule has 27 heavy (non-hydrogen) atoms. The molecule has 3 aromatic heterocycles. The van der Waals surface area contributed by atoms with Crippen LogP contribution in [0, 0.1) is 13.8 Å². The van der Waals surface area contributed by atoms with Gasteiger partial charge in [-0.2, -0.15) is 0 Å². The average Bonchev–Trinajstić information content (AvgIpc) is 3.16. The highest BCUT2D eigenvalue weighted by Gasteiger charge is 2.18. The molecular formula is C20H21N5OS. The molecule has 1 aromatic carbocycles. The molecule has 0 spiro atoms. The number of benzene rings is 1. The van der Waals surface area contributed by atoms with Crippen LogP contribution in [0.2, 0.25) is 0 Å². The molecule has 0 bridgehead atoms. The largest absolute Gasteiger partial charge is 0.346 e. The minimum atomic E-state index is 0.0837. The Hall–Kier alpha value is -2.67. The third-order valence-corrected chi connectivity index (χ3v) is 5.57. The van der Waals surface area contributed by atoms with Crippen molar-refractivity contribution in [2.24, 2.45) is 0 Å². The summed E-state index contributed by atoms with van der Waals surface area (Å²) >= 11 is 1.32. The Kier molecular flexibility index (Phi) is 4.47. The van der Waals surface area contributed by atoms with E-state index in [2.05, 4.69) is 38.6 Å². The topological polar surface area (TPSA) is 76.5 Å². The number of para-hydroxylation sites is 1. The molecule has 1 N–H and O–H groups in total. The Labute approximate surface area is 161 Å². The summed E-state index contributed by atoms with van der Waals surface area (Å²) in [4.78, 5) is 20.5. The van der Waals surface area contributed by atoms with Gasteiger partial charge in [0.1, 0.15) is 5.52 Å². The van der Waals surface area contributed by atoms with Gasteiger partial charge in [-0.15, -0.1) is 10.2 Å². The molecule has 0 aliphatic heterocycles. The van der Waals surface area contributed by atoms with E-state index in [1.807, 2.05) is 44.2 Å². The number of hydrogen-bond donors (Lipinski definition) is 1. The molecule has 0 unspecified atom stereocenters. The van der Waals surface area contributed by atoms with Gasteiger partial charge < -0.3 is 9.55 Å². The first-order valence-electron chi connectivity index (χ1n) is 8.91. The molecule has 4 rings (SSSR count). The van der Waals surface area contributed by atoms with Crippen LogP contribution in [-0.4, -0.2) is 36.3 Å². The molecule has 4 aromatic rings. The third kappa shape index (κ3) is 3.12. The lowest BCUT2D eigenvalue weighted by Crippen LogP contribution is -2.08. The van der Waals surface area contributed by atoms with Crippen molar-refractivity contribution < 1.29 is 4.79 Å². The molecule has 6 nitrogen and oxygen atoms in total. The first kappa shape index (κ1) is 17.7. The first-order valence-corrected chi connectivity index (χ1v) is 9.90. The van der Waals surface area contributed by atoms with Gasteiger partial charge in [0.05, 0.1) is 5.75 Å². The van der Waals surface area contributed by atoms with Gasteiger partial charge in [-0.05, 0) is 39.8 Å². The molecular weight excluding hydrogens is 358 g/mol. The number of aromatic amines is 1. The molecule has 7 heteroatoms. The van der Waals surface area contributed by atoms with E-state index in [0.717, 1.165) is 33.4 Å². The number of ketones is 1. The van der Waals surface area contributed by atoms with Gasteiger partial charge in [0.15, 0.2) is 11.4 Å². The number of aryl methyl sites for hydroxylation is 1. The SMILES string of the molecule is Cc1cc(C(=O)CSc2nnc3c(n2)[nH]c2ccccc23)c(C)n1C(C)C. The number of aromatic nitrogens is 5. The number of nitrogens with one attached hydrogen (secondary N) is 1. The third-order valence-electron chi connectivity index (χ3n) is 4.74. The predicted octanol–water partition coefficient (Wildman–Crippen LogP) is 4.48. The van der Waals surface area contributed by atoms with E-state index < -0.39 is 0 Å². The van der Waals surface area contributed by atoms with Gasteiger partial charge in [-0.25, -0.2) is 4.98 Å². The van der Waals surface area contributed by atoms with Gasteiger partial charge in [-0.1, -0.05) is 30.0 Å². The molecule has 0 fully saturated rings. The summed E-state index contributed by atoms with van der Waals surface area (Å²) in [5, 5.41) is 9.99. The zero-order valence-electron chi connectivity index (χ0n) is 15.8. The Morgan fingerprint density at radius 2 is 2.00 bits per heavy atom. The van der Waals surface area contributed by atoms with Crippen LogP contribution in [0.4, 0.5) is 0 Å². The predicted molar refractivity (Wildman–Crippen MR) is 109 cm³/mol. The molecule has 0 saturated carbocycles. The van der Waals surface area contributed by atoms with Gasteiger partial charge >= 0.3 is 0 Å². The van der Waals surface area contributed by atoms with Crippen molar-refractivity contribution in [2.75, 3.05) is 5.75 Å². The molecule has 0 atom stereocenters. The summed E-state index contributed by atoms with van der Waals surface area (Å²) in [5.74, 6) is 0.371. The monoisotopic (exact) mass is 379 g/mol. The maximum absolute atomic E-state index is 12.7. The van der Waals surface area contributed by atoms with Crippen molar-refractivity contribution in [3.63, 3.8) is 0 Å². The number of hydrogen-bond acceptors (Lipinski definition) is 5. The minimum Gasteiger partial charge on any atom is -0.346 e. The van der Waals surface area contributed by atoms with E-state index in [-0.39, 0.29) is 11.5 Å². The van der Waals surface area contributed by atoms with Crippen molar-refractivity contribution >= 4 is 39.6 Å². The number of thioether (sulfide) groups is 1. The summed E-state index contributed by atoms with van der Waals surface area (Å²) in [6, 6.07) is 10.2. The zero-order chi connectivity index (χ0) is 19.1. The number of H-pyrrole nitrogens is 1. The highest BCUT2D eigenvalue weighted by Crippen LogP contribution is 2.25. The lowest BCUT2D eigenvalue weighted by atomic mass is 10.2. The van der Waals surface area contributed by atoms with Crippen LogP contribution < -0.4 is 0 Å². The van der Waals surface area contributed by atoms with E-state index in [1.165, 1.54) is 11.8 Å². The van der Waals surface area contributed by atoms with E-state index in [9.17, 15) is 4.79 Å². The average molecular weight is 379 g/mol. The molecule has 0 aliphatic rings. The van der Waals surface area contributed by atoms with Crippen LogP contribution in [0.1, 0.15) is 41.6 Å². The van der Waals surface area contributed by atoms with Gasteiger partial charge in [0.25, 0.3) is 0 Å². The molecule has 0 radical (unpaired) electrons. The number of fused-ring (bicyclic) bond motifs is 3. The standard InChI is InChI=1S/C20H21N5OS/c1-11(2)25-12(3)9-15(13(25)4)17(26)10-27-20-22-19-18(23-24-20)14-7-5-6-8-16(14)21-19/h5-9,11H,10H2,1-4H3,(H,21,22,24). The van der Waals surface area contributed by atoms with Crippen LogP contribution in [0.15, 0.2) is 35.5 Å². The van der Waals surface area contributed by atoms with Crippen LogP contribution in [-0.2, 0) is 0 Å². The van der Waals surface area contributed by atoms with Crippen molar-refractivity contribution in [2.45, 2.75) is 38.9 Å².